The highest BCUT2D eigenvalue weighted by atomic mass is 79.9. The number of nitrogens with two attached hydrogens (primary N) is 1. The zero-order valence-corrected chi connectivity index (χ0v) is 11.6. The van der Waals surface area contributed by atoms with Gasteiger partial charge < -0.3 is 15.7 Å². The van der Waals surface area contributed by atoms with Crippen molar-refractivity contribution in [2.75, 3.05) is 18.8 Å². The molecule has 1 aromatic rings. The van der Waals surface area contributed by atoms with Crippen molar-refractivity contribution in [1.29, 1.82) is 0 Å². The van der Waals surface area contributed by atoms with Crippen molar-refractivity contribution in [3.05, 3.63) is 28.2 Å². The number of halogens is 1. The molecule has 3 N–H and O–H groups in total. The number of anilines is 1. The molecule has 0 aliphatic carbocycles. The molecule has 1 aromatic carbocycles. The SMILES string of the molecule is CCCN(CC(=O)O)C(=O)c1cc(N)ccc1Br. The smallest absolute Gasteiger partial charge is 0.323 e. The first-order chi connectivity index (χ1) is 8.45. The van der Waals surface area contributed by atoms with E-state index < -0.39 is 5.97 Å². The summed E-state index contributed by atoms with van der Waals surface area (Å²) in [6.07, 6.45) is 0.693. The highest BCUT2D eigenvalue weighted by Crippen LogP contribution is 2.21. The zero-order valence-electron chi connectivity index (χ0n) is 10.0. The first kappa shape index (κ1) is 14.5. The number of carbonyl (C=O) groups is 2. The van der Waals surface area contributed by atoms with E-state index in [2.05, 4.69) is 15.9 Å². The Balaban J connectivity index is 3.01. The predicted octanol–water partition coefficient (Wildman–Crippen LogP) is 1.97. The van der Waals surface area contributed by atoms with Gasteiger partial charge in [-0.3, -0.25) is 9.59 Å². The number of rotatable bonds is 5. The molecule has 98 valence electrons. The second kappa shape index (κ2) is 6.39. The minimum absolute atomic E-state index is 0.312. The van der Waals surface area contributed by atoms with Crippen LogP contribution in [-0.2, 0) is 4.79 Å². The first-order valence-electron chi connectivity index (χ1n) is 5.51. The van der Waals surface area contributed by atoms with Gasteiger partial charge in [-0.1, -0.05) is 6.92 Å². The highest BCUT2D eigenvalue weighted by Gasteiger charge is 2.19. The summed E-state index contributed by atoms with van der Waals surface area (Å²) in [5.41, 5.74) is 6.48. The molecule has 18 heavy (non-hydrogen) atoms. The zero-order chi connectivity index (χ0) is 13.7. The third kappa shape index (κ3) is 3.73. The number of hydrogen-bond acceptors (Lipinski definition) is 3. The Bertz CT molecular complexity index is 463. The standard InChI is InChI=1S/C12H15BrN2O3/c1-2-5-15(7-11(16)17)12(18)9-6-8(14)3-4-10(9)13/h3-4,6H,2,5,7,14H2,1H3,(H,16,17). The number of carbonyl (C=O) groups excluding carboxylic acids is 1. The van der Waals surface area contributed by atoms with Gasteiger partial charge in [-0.2, -0.15) is 0 Å². The Morgan fingerprint density at radius 3 is 2.67 bits per heavy atom. The van der Waals surface area contributed by atoms with Gasteiger partial charge in [-0.05, 0) is 40.5 Å². The molecule has 0 aromatic heterocycles. The van der Waals surface area contributed by atoms with E-state index >= 15 is 0 Å². The van der Waals surface area contributed by atoms with Crippen LogP contribution in [0.4, 0.5) is 5.69 Å². The van der Waals surface area contributed by atoms with E-state index in [1.54, 1.807) is 12.1 Å². The summed E-state index contributed by atoms with van der Waals surface area (Å²) in [4.78, 5) is 24.3. The van der Waals surface area contributed by atoms with Crippen LogP contribution in [0, 0.1) is 0 Å². The average Bonchev–Trinajstić information content (AvgIpc) is 2.30. The van der Waals surface area contributed by atoms with Gasteiger partial charge in [0.25, 0.3) is 5.91 Å². The summed E-state index contributed by atoms with van der Waals surface area (Å²) in [7, 11) is 0. The van der Waals surface area contributed by atoms with Gasteiger partial charge in [0.1, 0.15) is 6.54 Å². The number of benzene rings is 1. The number of carboxylic acids is 1. The van der Waals surface area contributed by atoms with Gasteiger partial charge in [-0.25, -0.2) is 0 Å². The lowest BCUT2D eigenvalue weighted by atomic mass is 10.1. The van der Waals surface area contributed by atoms with Gasteiger partial charge in [0.15, 0.2) is 0 Å². The number of nitrogen functional groups attached to an aromatic ring is 1. The third-order valence-electron chi connectivity index (χ3n) is 2.33. The third-order valence-corrected chi connectivity index (χ3v) is 3.02. The van der Waals surface area contributed by atoms with E-state index in [4.69, 9.17) is 10.8 Å². The fourth-order valence-corrected chi connectivity index (χ4v) is 1.98. The van der Waals surface area contributed by atoms with Crippen molar-refractivity contribution in [3.8, 4) is 0 Å². The van der Waals surface area contributed by atoms with Gasteiger partial charge in [0.05, 0.1) is 5.56 Å². The highest BCUT2D eigenvalue weighted by molar-refractivity contribution is 9.10. The van der Waals surface area contributed by atoms with Crippen molar-refractivity contribution >= 4 is 33.5 Å². The average molecular weight is 315 g/mol. The molecule has 5 nitrogen and oxygen atoms in total. The predicted molar refractivity (Wildman–Crippen MR) is 72.4 cm³/mol. The van der Waals surface area contributed by atoms with Crippen molar-refractivity contribution < 1.29 is 14.7 Å². The van der Waals surface area contributed by atoms with Crippen molar-refractivity contribution in [1.82, 2.24) is 4.90 Å². The monoisotopic (exact) mass is 314 g/mol. The Labute approximate surface area is 114 Å². The summed E-state index contributed by atoms with van der Waals surface area (Å²) >= 11 is 3.27. The maximum absolute atomic E-state index is 12.2. The van der Waals surface area contributed by atoms with Crippen molar-refractivity contribution in [2.24, 2.45) is 0 Å². The maximum atomic E-state index is 12.2. The van der Waals surface area contributed by atoms with Crippen molar-refractivity contribution in [2.45, 2.75) is 13.3 Å². The molecule has 0 unspecified atom stereocenters. The van der Waals surface area contributed by atoms with E-state index in [0.717, 1.165) is 0 Å². The topological polar surface area (TPSA) is 83.6 Å². The summed E-state index contributed by atoms with van der Waals surface area (Å²) < 4.78 is 0.605. The quantitative estimate of drug-likeness (QED) is 0.814. The summed E-state index contributed by atoms with van der Waals surface area (Å²) in [5, 5.41) is 8.80. The molecular weight excluding hydrogens is 300 g/mol. The van der Waals surface area contributed by atoms with E-state index in [9.17, 15) is 9.59 Å². The van der Waals surface area contributed by atoms with Crippen LogP contribution in [0.1, 0.15) is 23.7 Å². The second-order valence-corrected chi connectivity index (χ2v) is 4.71. The molecule has 0 aliphatic heterocycles. The van der Waals surface area contributed by atoms with E-state index in [1.807, 2.05) is 6.92 Å². The molecule has 0 saturated heterocycles. The Morgan fingerprint density at radius 1 is 1.44 bits per heavy atom. The van der Waals surface area contributed by atoms with Crippen LogP contribution in [0.5, 0.6) is 0 Å². The van der Waals surface area contributed by atoms with Gasteiger partial charge in [0.2, 0.25) is 0 Å². The van der Waals surface area contributed by atoms with Crippen LogP contribution >= 0.6 is 15.9 Å². The van der Waals surface area contributed by atoms with E-state index in [1.165, 1.54) is 11.0 Å². The molecule has 0 radical (unpaired) electrons. The number of nitrogens with zero attached hydrogens (tertiary/aromatic N) is 1. The Morgan fingerprint density at radius 2 is 2.11 bits per heavy atom. The van der Waals surface area contributed by atoms with Crippen LogP contribution in [-0.4, -0.2) is 35.0 Å². The fraction of sp³-hybridized carbons (Fsp3) is 0.333. The summed E-state index contributed by atoms with van der Waals surface area (Å²) in [6.45, 7) is 1.97. The fourth-order valence-electron chi connectivity index (χ4n) is 1.56. The lowest BCUT2D eigenvalue weighted by molar-refractivity contribution is -0.137. The molecule has 0 fully saturated rings. The largest absolute Gasteiger partial charge is 0.480 e. The van der Waals surface area contributed by atoms with Crippen LogP contribution in [0.2, 0.25) is 0 Å². The van der Waals surface area contributed by atoms with Gasteiger partial charge in [-0.15, -0.1) is 0 Å². The van der Waals surface area contributed by atoms with Crippen LogP contribution in [0.3, 0.4) is 0 Å². The van der Waals surface area contributed by atoms with E-state index in [0.29, 0.717) is 28.7 Å². The molecule has 1 rings (SSSR count). The Kier molecular flexibility index (Phi) is 5.15. The van der Waals surface area contributed by atoms with Crippen LogP contribution in [0.25, 0.3) is 0 Å². The summed E-state index contributed by atoms with van der Waals surface area (Å²) in [5.74, 6) is -1.37. The Hall–Kier alpha value is -1.56. The van der Waals surface area contributed by atoms with Gasteiger partial charge >= 0.3 is 5.97 Å². The van der Waals surface area contributed by atoms with Crippen LogP contribution in [0.15, 0.2) is 22.7 Å². The van der Waals surface area contributed by atoms with Crippen molar-refractivity contribution in [3.63, 3.8) is 0 Å². The number of carboxylic acid groups (broad SMARTS) is 1. The lowest BCUT2D eigenvalue weighted by Gasteiger charge is -2.20. The minimum Gasteiger partial charge on any atom is -0.480 e. The van der Waals surface area contributed by atoms with E-state index in [-0.39, 0.29) is 12.5 Å². The molecule has 6 heteroatoms. The summed E-state index contributed by atoms with van der Waals surface area (Å²) in [6, 6.07) is 4.88. The van der Waals surface area contributed by atoms with Gasteiger partial charge in [0, 0.05) is 16.7 Å². The molecular formula is C12H15BrN2O3. The molecule has 0 heterocycles. The first-order valence-corrected chi connectivity index (χ1v) is 6.31. The number of amides is 1. The minimum atomic E-state index is -1.03. The molecule has 0 atom stereocenters. The van der Waals surface area contributed by atoms with Crippen LogP contribution < -0.4 is 5.73 Å². The second-order valence-electron chi connectivity index (χ2n) is 3.86. The maximum Gasteiger partial charge on any atom is 0.323 e. The molecule has 0 aliphatic rings. The molecule has 0 bridgehead atoms. The molecule has 1 amide bonds. The number of hydrogen-bond donors (Lipinski definition) is 2. The number of aliphatic carboxylic acids is 1. The lowest BCUT2D eigenvalue weighted by Crippen LogP contribution is -2.36. The normalized spacial score (nSPS) is 10.1. The molecule has 0 spiro atoms. The molecule has 0 saturated carbocycles.